The lowest BCUT2D eigenvalue weighted by atomic mass is 9.97. The fourth-order valence-corrected chi connectivity index (χ4v) is 6.75. The molecule has 4 atom stereocenters. The summed E-state index contributed by atoms with van der Waals surface area (Å²) >= 11 is 3.43. The van der Waals surface area contributed by atoms with E-state index in [1.165, 1.54) is 16.0 Å². The van der Waals surface area contributed by atoms with Gasteiger partial charge in [0.1, 0.15) is 0 Å². The molecule has 1 aliphatic heterocycles. The maximum Gasteiger partial charge on any atom is 0.0839 e. The molecule has 0 amide bonds. The number of hydrogen-bond donors (Lipinski definition) is 2. The summed E-state index contributed by atoms with van der Waals surface area (Å²) < 4.78 is 10.9. The van der Waals surface area contributed by atoms with E-state index < -0.39 is 6.10 Å². The third kappa shape index (κ3) is 5.71. The highest BCUT2D eigenvalue weighted by atomic mass is 32.2. The van der Waals surface area contributed by atoms with E-state index in [0.29, 0.717) is 12.1 Å². The highest BCUT2D eigenvalue weighted by molar-refractivity contribution is 7.98. The van der Waals surface area contributed by atoms with Crippen molar-refractivity contribution in [3.05, 3.63) is 77.3 Å². The van der Waals surface area contributed by atoms with Gasteiger partial charge in [0, 0.05) is 46.9 Å². The van der Waals surface area contributed by atoms with Crippen molar-refractivity contribution < 1.29 is 9.84 Å². The number of nitrogens with zero attached hydrogens (tertiary/aromatic N) is 2. The summed E-state index contributed by atoms with van der Waals surface area (Å²) in [7, 11) is 0. The van der Waals surface area contributed by atoms with Gasteiger partial charge in [0.25, 0.3) is 0 Å². The number of nitrogens with two attached hydrogens (primary N) is 1. The van der Waals surface area contributed by atoms with Crippen LogP contribution >= 0.6 is 23.3 Å². The Morgan fingerprint density at radius 2 is 2.15 bits per heavy atom. The van der Waals surface area contributed by atoms with Crippen LogP contribution in [0, 0.1) is 12.8 Å². The van der Waals surface area contributed by atoms with E-state index in [4.69, 9.17) is 10.5 Å². The molecule has 1 unspecified atom stereocenters. The lowest BCUT2D eigenvalue weighted by Crippen LogP contribution is -2.21. The molecule has 180 valence electrons. The third-order valence-electron chi connectivity index (χ3n) is 6.37. The molecule has 3 N–H and O–H groups in total. The number of aromatic nitrogens is 1. The first kappa shape index (κ1) is 24.9. The van der Waals surface area contributed by atoms with Gasteiger partial charge in [-0.1, -0.05) is 49.1 Å². The first-order valence-electron chi connectivity index (χ1n) is 11.8. The normalized spacial score (nSPS) is 24.6. The highest BCUT2D eigenvalue weighted by Crippen LogP contribution is 2.36. The summed E-state index contributed by atoms with van der Waals surface area (Å²) in [4.78, 5) is 5.78. The van der Waals surface area contributed by atoms with Crippen LogP contribution in [0.1, 0.15) is 37.4 Å². The van der Waals surface area contributed by atoms with Gasteiger partial charge in [0.2, 0.25) is 0 Å². The van der Waals surface area contributed by atoms with Gasteiger partial charge in [-0.25, -0.2) is 0 Å². The first-order chi connectivity index (χ1) is 16.5. The summed E-state index contributed by atoms with van der Waals surface area (Å²) in [5.74, 6) is 1.94. The number of aliphatic hydroxyl groups excluding tert-OH is 1. The van der Waals surface area contributed by atoms with Crippen molar-refractivity contribution in [2.75, 3.05) is 5.75 Å². The van der Waals surface area contributed by atoms with Gasteiger partial charge >= 0.3 is 0 Å². The van der Waals surface area contributed by atoms with Crippen LogP contribution in [0.4, 0.5) is 0 Å². The van der Waals surface area contributed by atoms with E-state index in [2.05, 4.69) is 53.2 Å². The van der Waals surface area contributed by atoms with Crippen LogP contribution in [0.2, 0.25) is 0 Å². The number of allylic oxidation sites excluding steroid dienone is 2. The summed E-state index contributed by atoms with van der Waals surface area (Å²) in [6.45, 7) is 7.85. The van der Waals surface area contributed by atoms with E-state index in [1.54, 1.807) is 17.7 Å². The molecule has 0 saturated carbocycles. The second kappa shape index (κ2) is 11.5. The smallest absolute Gasteiger partial charge is 0.0839 e. The van der Waals surface area contributed by atoms with Crippen LogP contribution in [0.15, 0.2) is 71.0 Å². The molecule has 1 saturated heterocycles. The summed E-state index contributed by atoms with van der Waals surface area (Å²) in [6.07, 6.45) is 7.77. The first-order valence-corrected chi connectivity index (χ1v) is 13.7. The van der Waals surface area contributed by atoms with Gasteiger partial charge in [-0.15, -0.1) is 0 Å². The minimum atomic E-state index is -0.425. The Labute approximate surface area is 210 Å². The maximum atomic E-state index is 10.6. The molecule has 2 aromatic rings. The van der Waals surface area contributed by atoms with Crippen molar-refractivity contribution in [2.45, 2.75) is 57.2 Å². The van der Waals surface area contributed by atoms with Crippen LogP contribution in [0.5, 0.6) is 0 Å². The average Bonchev–Trinajstić information content (AvgIpc) is 3.51. The SMILES string of the molecule is C=C(N)C1=C(N=CC)C(CC[C@@H]2O[C@H](CSCc3c(C)nsc3-c3ccccc3)C[C@H]2O)C=C1. The maximum absolute atomic E-state index is 10.6. The molecule has 4 rings (SSSR count). The number of rotatable bonds is 10. The van der Waals surface area contributed by atoms with Crippen LogP contribution in [-0.4, -0.2) is 39.8 Å². The van der Waals surface area contributed by atoms with Gasteiger partial charge in [0.05, 0.1) is 34.6 Å². The van der Waals surface area contributed by atoms with Gasteiger partial charge in [0.15, 0.2) is 0 Å². The van der Waals surface area contributed by atoms with Crippen LogP contribution in [-0.2, 0) is 10.5 Å². The molecule has 0 bridgehead atoms. The molecular weight excluding hydrogens is 462 g/mol. The van der Waals surface area contributed by atoms with Crippen LogP contribution in [0.25, 0.3) is 10.4 Å². The number of thioether (sulfide) groups is 1. The van der Waals surface area contributed by atoms with E-state index in [0.717, 1.165) is 41.3 Å². The predicted octanol–water partition coefficient (Wildman–Crippen LogP) is 5.65. The quantitative estimate of drug-likeness (QED) is 0.416. The molecule has 2 aliphatic rings. The topological polar surface area (TPSA) is 80.7 Å². The standard InChI is InChI=1S/C27H33N3O2S2/c1-4-29-26-19(10-12-22(26)17(2)28)11-13-25-24(31)14-21(32-25)15-33-16-23-18(3)30-34-27(23)20-8-6-5-7-9-20/h4-10,12,19,21,24-25,31H,2,11,13-16,28H2,1,3H3/t19?,21-,24+,25-/m0/s1. The zero-order chi connectivity index (χ0) is 24.1. The van der Waals surface area contributed by atoms with Crippen LogP contribution in [0.3, 0.4) is 0 Å². The molecule has 0 radical (unpaired) electrons. The van der Waals surface area contributed by atoms with Gasteiger partial charge in [-0.2, -0.15) is 16.1 Å². The van der Waals surface area contributed by atoms with Crippen molar-refractivity contribution in [3.8, 4) is 10.4 Å². The fraction of sp³-hybridized carbons (Fsp3) is 0.407. The van der Waals surface area contributed by atoms with Crippen LogP contribution < -0.4 is 5.73 Å². The zero-order valence-electron chi connectivity index (χ0n) is 19.8. The monoisotopic (exact) mass is 495 g/mol. The third-order valence-corrected chi connectivity index (χ3v) is 8.50. The number of ether oxygens (including phenoxy) is 1. The molecule has 5 nitrogen and oxygen atoms in total. The van der Waals surface area contributed by atoms with Crippen molar-refractivity contribution in [1.82, 2.24) is 4.37 Å². The van der Waals surface area contributed by atoms with E-state index >= 15 is 0 Å². The molecule has 34 heavy (non-hydrogen) atoms. The van der Waals surface area contributed by atoms with Crippen molar-refractivity contribution in [3.63, 3.8) is 0 Å². The highest BCUT2D eigenvalue weighted by Gasteiger charge is 2.34. The van der Waals surface area contributed by atoms with Gasteiger partial charge in [-0.05, 0) is 43.8 Å². The Morgan fingerprint density at radius 3 is 2.88 bits per heavy atom. The van der Waals surface area contributed by atoms with E-state index in [-0.39, 0.29) is 18.1 Å². The van der Waals surface area contributed by atoms with Crippen molar-refractivity contribution in [1.29, 1.82) is 0 Å². The Hall–Kier alpha value is -2.19. The molecule has 1 aliphatic carbocycles. The minimum absolute atomic E-state index is 0.0688. The number of aryl methyl sites for hydroxylation is 1. The molecule has 1 aromatic carbocycles. The van der Waals surface area contributed by atoms with Crippen molar-refractivity contribution >= 4 is 29.5 Å². The molecule has 7 heteroatoms. The fourth-order valence-electron chi connectivity index (χ4n) is 4.59. The molecule has 1 aromatic heterocycles. The number of aliphatic imine (C=N–C) groups is 1. The number of benzene rings is 1. The molecular formula is C27H33N3O2S2. The van der Waals surface area contributed by atoms with Gasteiger partial charge < -0.3 is 15.6 Å². The lowest BCUT2D eigenvalue weighted by molar-refractivity contribution is 0.0106. The predicted molar refractivity (Wildman–Crippen MR) is 144 cm³/mol. The zero-order valence-corrected chi connectivity index (χ0v) is 21.4. The van der Waals surface area contributed by atoms with E-state index in [9.17, 15) is 5.11 Å². The molecule has 2 heterocycles. The summed E-state index contributed by atoms with van der Waals surface area (Å²) in [5, 5.41) is 10.6. The molecule has 1 fully saturated rings. The summed E-state index contributed by atoms with van der Waals surface area (Å²) in [5.41, 5.74) is 12.0. The minimum Gasteiger partial charge on any atom is -0.399 e. The summed E-state index contributed by atoms with van der Waals surface area (Å²) in [6, 6.07) is 10.4. The van der Waals surface area contributed by atoms with E-state index in [1.807, 2.05) is 30.8 Å². The lowest BCUT2D eigenvalue weighted by Gasteiger charge is -2.18. The average molecular weight is 496 g/mol. The number of aliphatic hydroxyl groups is 1. The number of hydrogen-bond acceptors (Lipinski definition) is 7. The molecule has 0 spiro atoms. The second-order valence-corrected chi connectivity index (χ2v) is 10.6. The second-order valence-electron chi connectivity index (χ2n) is 8.81. The Bertz CT molecular complexity index is 1090. The Balaban J connectivity index is 1.28. The largest absolute Gasteiger partial charge is 0.399 e. The van der Waals surface area contributed by atoms with Crippen molar-refractivity contribution in [2.24, 2.45) is 16.6 Å². The van der Waals surface area contributed by atoms with Gasteiger partial charge in [-0.3, -0.25) is 4.99 Å². The Kier molecular flexibility index (Phi) is 8.42. The Morgan fingerprint density at radius 1 is 1.35 bits per heavy atom.